The first-order valence-electron chi connectivity index (χ1n) is 11.5. The zero-order valence-corrected chi connectivity index (χ0v) is 20.3. The van der Waals surface area contributed by atoms with Gasteiger partial charge in [0.1, 0.15) is 11.3 Å². The first kappa shape index (κ1) is 25.9. The van der Waals surface area contributed by atoms with Gasteiger partial charge in [-0.05, 0) is 50.2 Å². The molecule has 0 bridgehead atoms. The number of amides is 2. The van der Waals surface area contributed by atoms with E-state index in [1.165, 1.54) is 36.4 Å². The van der Waals surface area contributed by atoms with Crippen molar-refractivity contribution in [2.45, 2.75) is 13.8 Å². The molecular weight excluding hydrogens is 496 g/mol. The van der Waals surface area contributed by atoms with Crippen molar-refractivity contribution in [1.29, 1.82) is 0 Å². The van der Waals surface area contributed by atoms with Gasteiger partial charge in [0, 0.05) is 39.9 Å². The van der Waals surface area contributed by atoms with Crippen LogP contribution in [0.1, 0.15) is 34.6 Å². The Morgan fingerprint density at radius 2 is 1.55 bits per heavy atom. The van der Waals surface area contributed by atoms with Crippen LogP contribution in [0, 0.1) is 0 Å². The normalized spacial score (nSPS) is 11.4. The van der Waals surface area contributed by atoms with Crippen LogP contribution in [0.25, 0.3) is 33.4 Å². The molecule has 0 fully saturated rings. The van der Waals surface area contributed by atoms with E-state index in [9.17, 15) is 29.4 Å². The van der Waals surface area contributed by atoms with Crippen LogP contribution in [0.2, 0.25) is 0 Å². The monoisotopic (exact) mass is 518 g/mol. The maximum Gasteiger partial charge on any atom is 0.434 e. The predicted molar refractivity (Wildman–Crippen MR) is 135 cm³/mol. The molecule has 0 spiro atoms. The molecule has 0 radical (unpaired) electrons. The maximum atomic E-state index is 12.2. The van der Waals surface area contributed by atoms with Gasteiger partial charge in [0.2, 0.25) is 0 Å². The van der Waals surface area contributed by atoms with E-state index in [4.69, 9.17) is 13.9 Å². The topological polar surface area (TPSA) is 165 Å². The molecular formula is C27H22N2O9. The lowest BCUT2D eigenvalue weighted by atomic mass is 9.87. The van der Waals surface area contributed by atoms with E-state index in [0.717, 1.165) is 0 Å². The zero-order valence-electron chi connectivity index (χ0n) is 20.3. The largest absolute Gasteiger partial charge is 0.478 e. The maximum absolute atomic E-state index is 12.2. The van der Waals surface area contributed by atoms with Crippen molar-refractivity contribution in [3.05, 3.63) is 71.1 Å². The lowest BCUT2D eigenvalue weighted by molar-refractivity contribution is 0.0696. The molecule has 2 amide bonds. The van der Waals surface area contributed by atoms with Gasteiger partial charge >= 0.3 is 24.1 Å². The molecule has 11 nitrogen and oxygen atoms in total. The molecule has 0 saturated heterocycles. The van der Waals surface area contributed by atoms with Crippen LogP contribution in [-0.4, -0.2) is 47.6 Å². The minimum atomic E-state index is -1.32. The molecule has 0 atom stereocenters. The number of carbonyl (C=O) groups is 4. The van der Waals surface area contributed by atoms with Crippen LogP contribution in [0.4, 0.5) is 15.3 Å². The summed E-state index contributed by atoms with van der Waals surface area (Å²) in [6.45, 7) is 3.60. The third-order valence-corrected chi connectivity index (χ3v) is 5.49. The summed E-state index contributed by atoms with van der Waals surface area (Å²) in [5.74, 6) is -2.46. The molecule has 0 saturated carbocycles. The van der Waals surface area contributed by atoms with Crippen LogP contribution in [0.3, 0.4) is 0 Å². The fourth-order valence-corrected chi connectivity index (χ4v) is 4.02. The lowest BCUT2D eigenvalue weighted by Gasteiger charge is -2.19. The van der Waals surface area contributed by atoms with Crippen LogP contribution in [-0.2, 0) is 9.47 Å². The van der Waals surface area contributed by atoms with Crippen molar-refractivity contribution in [1.82, 2.24) is 0 Å². The molecule has 2 aromatic carbocycles. The Morgan fingerprint density at radius 1 is 0.868 bits per heavy atom. The smallest absolute Gasteiger partial charge is 0.434 e. The summed E-state index contributed by atoms with van der Waals surface area (Å²) < 4.78 is 15.8. The van der Waals surface area contributed by atoms with Gasteiger partial charge in [0.05, 0.1) is 29.7 Å². The number of carboxylic acids is 2. The molecule has 4 rings (SSSR count). The molecule has 1 aliphatic heterocycles. The standard InChI is InChI=1S/C27H22N2O9/c1-3-36-26(34)28-14-8-10-16-20(12-14)38-21-13-15(29-27(35)37-4-2)9-11-17(21)22(16)23-18(24(30)31)6-5-7-19(23)25(32)33/h5-13H,3-4H2,1-2H3,(H,28,34)(H,30,31)(H,32,33). The summed E-state index contributed by atoms with van der Waals surface area (Å²) in [7, 11) is 0. The summed E-state index contributed by atoms with van der Waals surface area (Å²) in [5.41, 5.74) is 0.693. The minimum Gasteiger partial charge on any atom is -0.478 e. The molecule has 194 valence electrons. The van der Waals surface area contributed by atoms with Crippen molar-refractivity contribution in [3.8, 4) is 22.5 Å². The van der Waals surface area contributed by atoms with E-state index in [2.05, 4.69) is 10.3 Å². The summed E-state index contributed by atoms with van der Waals surface area (Å²) in [5, 5.41) is 23.0. The number of carboxylic acid groups (broad SMARTS) is 2. The van der Waals surface area contributed by atoms with E-state index in [0.29, 0.717) is 16.6 Å². The van der Waals surface area contributed by atoms with Gasteiger partial charge in [0.15, 0.2) is 0 Å². The summed E-state index contributed by atoms with van der Waals surface area (Å²) in [4.78, 5) is 52.0. The van der Waals surface area contributed by atoms with Crippen LogP contribution in [0.15, 0.2) is 64.0 Å². The molecule has 3 N–H and O–H groups in total. The highest BCUT2D eigenvalue weighted by atomic mass is 16.5. The van der Waals surface area contributed by atoms with E-state index in [1.54, 1.807) is 32.0 Å². The Kier molecular flexibility index (Phi) is 7.38. The van der Waals surface area contributed by atoms with Crippen molar-refractivity contribution < 1.29 is 43.3 Å². The Balaban J connectivity index is 2.09. The Bertz CT molecular complexity index is 1590. The number of hydrogen-bond donors (Lipinski definition) is 3. The Morgan fingerprint density at radius 3 is 2.18 bits per heavy atom. The second-order valence-electron chi connectivity index (χ2n) is 7.86. The van der Waals surface area contributed by atoms with Gasteiger partial charge in [0.25, 0.3) is 0 Å². The second-order valence-corrected chi connectivity index (χ2v) is 7.86. The highest BCUT2D eigenvalue weighted by Crippen LogP contribution is 2.43. The fraction of sp³-hybridized carbons (Fsp3) is 0.148. The number of benzene rings is 3. The quantitative estimate of drug-likeness (QED) is 0.290. The molecule has 0 unspecified atom stereocenters. The fourth-order valence-electron chi connectivity index (χ4n) is 4.02. The van der Waals surface area contributed by atoms with Gasteiger partial charge in [-0.3, -0.25) is 5.32 Å². The third kappa shape index (κ3) is 5.16. The van der Waals surface area contributed by atoms with Gasteiger partial charge in [-0.15, -0.1) is 0 Å². The van der Waals surface area contributed by atoms with Crippen molar-refractivity contribution in [3.63, 3.8) is 0 Å². The second kappa shape index (κ2) is 10.8. The van der Waals surface area contributed by atoms with Crippen LogP contribution >= 0.6 is 0 Å². The number of fused-ring (bicyclic) bond motifs is 2. The van der Waals surface area contributed by atoms with E-state index in [1.807, 2.05) is 0 Å². The zero-order chi connectivity index (χ0) is 27.4. The molecule has 2 aliphatic rings. The number of ether oxygens (including phenoxy) is 2. The summed E-state index contributed by atoms with van der Waals surface area (Å²) in [6, 6.07) is 13.1. The van der Waals surface area contributed by atoms with Crippen molar-refractivity contribution in [2.24, 2.45) is 4.99 Å². The first-order chi connectivity index (χ1) is 18.2. The van der Waals surface area contributed by atoms with Crippen molar-refractivity contribution in [2.75, 3.05) is 18.5 Å². The van der Waals surface area contributed by atoms with Gasteiger partial charge in [-0.25, -0.2) is 19.2 Å². The number of nitrogens with one attached hydrogen (secondary N) is 1. The Hall–Kier alpha value is -5.19. The highest BCUT2D eigenvalue weighted by Gasteiger charge is 2.26. The highest BCUT2D eigenvalue weighted by molar-refractivity contribution is 6.13. The predicted octanol–water partition coefficient (Wildman–Crippen LogP) is 5.23. The molecule has 38 heavy (non-hydrogen) atoms. The number of carbonyl (C=O) groups excluding carboxylic acids is 2. The van der Waals surface area contributed by atoms with Crippen LogP contribution < -0.4 is 10.7 Å². The van der Waals surface area contributed by atoms with Gasteiger partial charge in [-0.2, -0.15) is 4.99 Å². The molecule has 2 aromatic rings. The average molecular weight is 518 g/mol. The van der Waals surface area contributed by atoms with Gasteiger partial charge < -0.3 is 24.1 Å². The molecule has 1 heterocycles. The van der Waals surface area contributed by atoms with E-state index in [-0.39, 0.29) is 52.2 Å². The van der Waals surface area contributed by atoms with E-state index >= 15 is 0 Å². The molecule has 0 aromatic heterocycles. The molecule has 11 heteroatoms. The number of nitrogens with zero attached hydrogens (tertiary/aromatic N) is 1. The van der Waals surface area contributed by atoms with Crippen molar-refractivity contribution >= 4 is 40.8 Å². The number of rotatable bonds is 6. The van der Waals surface area contributed by atoms with E-state index < -0.39 is 24.1 Å². The SMILES string of the molecule is CCOC(=O)N=c1ccc2c(-c3c(C(=O)O)cccc3C(=O)O)c3ccc(NC(=O)OCC)cc3oc-2c1. The number of anilines is 1. The first-order valence-corrected chi connectivity index (χ1v) is 11.5. The number of aromatic carboxylic acids is 2. The third-order valence-electron chi connectivity index (χ3n) is 5.49. The average Bonchev–Trinajstić information content (AvgIpc) is 2.86. The van der Waals surface area contributed by atoms with Gasteiger partial charge in [-0.1, -0.05) is 6.07 Å². The lowest BCUT2D eigenvalue weighted by Crippen LogP contribution is -2.13. The van der Waals surface area contributed by atoms with Crippen LogP contribution in [0.5, 0.6) is 0 Å². The molecule has 1 aliphatic carbocycles. The minimum absolute atomic E-state index is 0.0283. The summed E-state index contributed by atoms with van der Waals surface area (Å²) in [6.07, 6.45) is -1.49. The number of hydrogen-bond acceptors (Lipinski definition) is 7. The summed E-state index contributed by atoms with van der Waals surface area (Å²) >= 11 is 0. The Labute approximate surface area is 215 Å².